The van der Waals surface area contributed by atoms with Gasteiger partial charge in [0.2, 0.25) is 0 Å². The molecule has 0 amide bonds. The molecular weight excluding hydrogens is 186 g/mol. The van der Waals surface area contributed by atoms with Crippen LogP contribution in [-0.2, 0) is 0 Å². The van der Waals surface area contributed by atoms with E-state index in [0.29, 0.717) is 10.8 Å². The van der Waals surface area contributed by atoms with Crippen molar-refractivity contribution in [3.63, 3.8) is 0 Å². The summed E-state index contributed by atoms with van der Waals surface area (Å²) < 4.78 is 5.02. The molecule has 0 aliphatic rings. The summed E-state index contributed by atoms with van der Waals surface area (Å²) >= 11 is 5.81. The Bertz CT molecular complexity index is 327. The molecule has 0 atom stereocenters. The van der Waals surface area contributed by atoms with Crippen LogP contribution in [0.4, 0.5) is 0 Å². The summed E-state index contributed by atoms with van der Waals surface area (Å²) in [4.78, 5) is 3.98. The molecule has 0 unspecified atom stereocenters. The molecule has 0 aliphatic heterocycles. The Balaban J connectivity index is 3.16. The van der Waals surface area contributed by atoms with Crippen LogP contribution in [0.25, 0.3) is 0 Å². The monoisotopic (exact) mass is 195 g/mol. The van der Waals surface area contributed by atoms with E-state index in [4.69, 9.17) is 16.3 Å². The molecule has 0 saturated heterocycles. The number of ether oxygens (including phenoxy) is 1. The van der Waals surface area contributed by atoms with Gasteiger partial charge in [0.05, 0.1) is 13.3 Å². The summed E-state index contributed by atoms with van der Waals surface area (Å²) in [5, 5.41) is 0.653. The van der Waals surface area contributed by atoms with Crippen molar-refractivity contribution in [3.8, 4) is 5.75 Å². The standard InChI is InChI=1S/C10H10ClNO/c1-13-10-6-2-4-9(11)5-3-7-12-8-10/h2-8H,1H3. The summed E-state index contributed by atoms with van der Waals surface area (Å²) in [6.07, 6.45) is 3.28. The predicted molar refractivity (Wildman–Crippen MR) is 53.4 cm³/mol. The predicted octanol–water partition coefficient (Wildman–Crippen LogP) is 2.87. The van der Waals surface area contributed by atoms with Gasteiger partial charge in [0.25, 0.3) is 0 Å². The summed E-state index contributed by atoms with van der Waals surface area (Å²) in [6.45, 7) is 0. The third-order valence-electron chi connectivity index (χ3n) is 1.38. The first kappa shape index (κ1) is 9.81. The third-order valence-corrected chi connectivity index (χ3v) is 1.63. The van der Waals surface area contributed by atoms with Crippen LogP contribution < -0.4 is 4.74 Å². The molecule has 3 heteroatoms. The van der Waals surface area contributed by atoms with Gasteiger partial charge in [0.1, 0.15) is 5.75 Å². The third kappa shape index (κ3) is 3.76. The normalized spacial score (nSPS) is 8.77. The van der Waals surface area contributed by atoms with E-state index in [1.807, 2.05) is 6.07 Å². The highest BCUT2D eigenvalue weighted by atomic mass is 35.5. The number of methoxy groups -OCH3 is 1. The van der Waals surface area contributed by atoms with Crippen molar-refractivity contribution in [2.45, 2.75) is 0 Å². The maximum atomic E-state index is 5.81. The number of hydrogen-bond donors (Lipinski definition) is 0. The molecule has 0 aliphatic carbocycles. The van der Waals surface area contributed by atoms with E-state index in [1.165, 1.54) is 0 Å². The van der Waals surface area contributed by atoms with Crippen molar-refractivity contribution in [2.24, 2.45) is 0 Å². The molecule has 0 aromatic carbocycles. The van der Waals surface area contributed by atoms with E-state index in [-0.39, 0.29) is 0 Å². The van der Waals surface area contributed by atoms with E-state index in [2.05, 4.69) is 4.98 Å². The van der Waals surface area contributed by atoms with Gasteiger partial charge in [-0.05, 0) is 24.3 Å². The van der Waals surface area contributed by atoms with Crippen LogP contribution >= 0.6 is 11.6 Å². The van der Waals surface area contributed by atoms with E-state index >= 15 is 0 Å². The van der Waals surface area contributed by atoms with E-state index in [0.717, 1.165) is 0 Å². The Morgan fingerprint density at radius 3 is 2.77 bits per heavy atom. The molecule has 68 valence electrons. The fourth-order valence-corrected chi connectivity index (χ4v) is 0.901. The van der Waals surface area contributed by atoms with Crippen LogP contribution in [0.3, 0.4) is 0 Å². The minimum atomic E-state index is 0.653. The smallest absolute Gasteiger partial charge is 0.137 e. The topological polar surface area (TPSA) is 22.1 Å². The fourth-order valence-electron chi connectivity index (χ4n) is 0.755. The number of hydrogen-bond acceptors (Lipinski definition) is 2. The van der Waals surface area contributed by atoms with Crippen molar-refractivity contribution < 1.29 is 4.74 Å². The molecule has 1 aromatic heterocycles. The van der Waals surface area contributed by atoms with Crippen LogP contribution in [0.1, 0.15) is 0 Å². The second-order valence-electron chi connectivity index (χ2n) is 2.30. The summed E-state index contributed by atoms with van der Waals surface area (Å²) in [7, 11) is 1.60. The highest BCUT2D eigenvalue weighted by Gasteiger charge is 1.81. The quantitative estimate of drug-likeness (QED) is 0.688. The maximum absolute atomic E-state index is 5.81. The molecule has 0 spiro atoms. The Morgan fingerprint density at radius 1 is 1.23 bits per heavy atom. The van der Waals surface area contributed by atoms with Gasteiger partial charge in [0, 0.05) is 11.2 Å². The van der Waals surface area contributed by atoms with E-state index < -0.39 is 0 Å². The van der Waals surface area contributed by atoms with Gasteiger partial charge in [-0.15, -0.1) is 0 Å². The van der Waals surface area contributed by atoms with Crippen LogP contribution in [0.15, 0.2) is 42.7 Å². The molecular formula is C10H10ClNO. The Hall–Kier alpha value is -1.28. The van der Waals surface area contributed by atoms with Gasteiger partial charge in [0.15, 0.2) is 0 Å². The molecule has 1 aromatic rings. The van der Waals surface area contributed by atoms with Gasteiger partial charge < -0.3 is 4.74 Å². The lowest BCUT2D eigenvalue weighted by Gasteiger charge is -1.92. The molecule has 1 heterocycles. The van der Waals surface area contributed by atoms with Gasteiger partial charge in [-0.1, -0.05) is 17.7 Å². The molecule has 13 heavy (non-hydrogen) atoms. The highest BCUT2D eigenvalue weighted by molar-refractivity contribution is 6.30. The maximum Gasteiger partial charge on any atom is 0.137 e. The van der Waals surface area contributed by atoms with Crippen LogP contribution in [0.2, 0.25) is 5.02 Å². The van der Waals surface area contributed by atoms with Crippen molar-refractivity contribution >= 4 is 11.6 Å². The Labute approximate surface area is 82.5 Å². The first-order valence-corrected chi connectivity index (χ1v) is 4.18. The molecule has 0 fully saturated rings. The zero-order valence-corrected chi connectivity index (χ0v) is 8.03. The van der Waals surface area contributed by atoms with Gasteiger partial charge in [-0.25, -0.2) is 0 Å². The van der Waals surface area contributed by atoms with Gasteiger partial charge >= 0.3 is 0 Å². The lowest BCUT2D eigenvalue weighted by atomic mass is 10.4. The first-order chi connectivity index (χ1) is 6.33. The minimum Gasteiger partial charge on any atom is -0.495 e. The number of nitrogens with zero attached hydrogens (tertiary/aromatic N) is 1. The van der Waals surface area contributed by atoms with E-state index in [1.54, 1.807) is 43.8 Å². The van der Waals surface area contributed by atoms with E-state index in [9.17, 15) is 0 Å². The Kier molecular flexibility index (Phi) is 4.06. The van der Waals surface area contributed by atoms with Crippen LogP contribution in [0.5, 0.6) is 5.75 Å². The second kappa shape index (κ2) is 5.38. The average molecular weight is 196 g/mol. The lowest BCUT2D eigenvalue weighted by Crippen LogP contribution is -1.79. The molecule has 2 nitrogen and oxygen atoms in total. The molecule has 0 saturated carbocycles. The van der Waals surface area contributed by atoms with Crippen molar-refractivity contribution in [3.05, 3.63) is 47.7 Å². The molecule has 0 N–H and O–H groups in total. The van der Waals surface area contributed by atoms with Gasteiger partial charge in [-0.2, -0.15) is 0 Å². The van der Waals surface area contributed by atoms with Crippen molar-refractivity contribution in [1.29, 1.82) is 0 Å². The van der Waals surface area contributed by atoms with Crippen LogP contribution in [-0.4, -0.2) is 12.1 Å². The zero-order chi connectivity index (χ0) is 9.52. The number of aromatic nitrogens is 1. The molecule has 0 radical (unpaired) electrons. The van der Waals surface area contributed by atoms with Crippen molar-refractivity contribution in [2.75, 3.05) is 7.11 Å². The number of halogens is 1. The minimum absolute atomic E-state index is 0.653. The number of rotatable bonds is 1. The first-order valence-electron chi connectivity index (χ1n) is 3.81. The summed E-state index contributed by atoms with van der Waals surface area (Å²) in [5.74, 6) is 0.687. The second-order valence-corrected chi connectivity index (χ2v) is 2.74. The summed E-state index contributed by atoms with van der Waals surface area (Å²) in [5.41, 5.74) is 0. The Morgan fingerprint density at radius 2 is 2.00 bits per heavy atom. The fraction of sp³-hybridized carbons (Fsp3) is 0.100. The SMILES string of the molecule is COc1cccc(Cl)cccnc1. The zero-order valence-electron chi connectivity index (χ0n) is 7.27. The lowest BCUT2D eigenvalue weighted by molar-refractivity contribution is 0.413. The largest absolute Gasteiger partial charge is 0.495 e. The molecule has 1 rings (SSSR count). The van der Waals surface area contributed by atoms with Gasteiger partial charge in [-0.3, -0.25) is 4.98 Å². The summed E-state index contributed by atoms with van der Waals surface area (Å²) in [6, 6.07) is 8.91. The van der Waals surface area contributed by atoms with Crippen LogP contribution in [0, 0.1) is 0 Å². The average Bonchev–Trinajstić information content (AvgIpc) is 2.15. The molecule has 0 bridgehead atoms. The van der Waals surface area contributed by atoms with Crippen molar-refractivity contribution in [1.82, 2.24) is 4.98 Å². The highest BCUT2D eigenvalue weighted by Crippen LogP contribution is 2.06.